The normalized spacial score (nSPS) is 18.1. The lowest BCUT2D eigenvalue weighted by atomic mass is 9.93. The van der Waals surface area contributed by atoms with E-state index in [4.69, 9.17) is 0 Å². The summed E-state index contributed by atoms with van der Waals surface area (Å²) in [6.45, 7) is 11.0. The summed E-state index contributed by atoms with van der Waals surface area (Å²) in [6, 6.07) is 21.7. The number of anilines is 1. The van der Waals surface area contributed by atoms with Gasteiger partial charge in [0.2, 0.25) is 0 Å². The molecule has 37 heavy (non-hydrogen) atoms. The topological polar surface area (TPSA) is 51.7 Å². The van der Waals surface area contributed by atoms with E-state index in [-0.39, 0.29) is 11.9 Å². The Balaban J connectivity index is 1.19. The Morgan fingerprint density at radius 2 is 1.59 bits per heavy atom. The minimum absolute atomic E-state index is 0.156. The van der Waals surface area contributed by atoms with Gasteiger partial charge in [-0.1, -0.05) is 31.2 Å². The van der Waals surface area contributed by atoms with E-state index >= 15 is 0 Å². The maximum absolute atomic E-state index is 13.0. The Labute approximate surface area is 221 Å². The van der Waals surface area contributed by atoms with Crippen molar-refractivity contribution >= 4 is 11.6 Å². The van der Waals surface area contributed by atoms with E-state index in [1.807, 2.05) is 29.4 Å². The molecule has 2 aliphatic rings. The predicted molar refractivity (Wildman–Crippen MR) is 150 cm³/mol. The molecular formula is C31H39N5O. The van der Waals surface area contributed by atoms with E-state index in [0.717, 1.165) is 64.2 Å². The monoisotopic (exact) mass is 497 g/mol. The SMILES string of the molecule is CCN1CCN(C(=O)c2ccc(N3CCC(NC(c4ccncc4)c4ccccc4C)CC3)cc2)CC1. The van der Waals surface area contributed by atoms with Crippen LogP contribution in [0.5, 0.6) is 0 Å². The molecule has 3 heterocycles. The first-order valence-electron chi connectivity index (χ1n) is 13.7. The molecule has 0 spiro atoms. The molecule has 0 bridgehead atoms. The zero-order valence-electron chi connectivity index (χ0n) is 22.1. The molecule has 2 saturated heterocycles. The molecule has 1 N–H and O–H groups in total. The maximum atomic E-state index is 13.0. The van der Waals surface area contributed by atoms with Gasteiger partial charge in [0.15, 0.2) is 0 Å². The lowest BCUT2D eigenvalue weighted by Crippen LogP contribution is -2.48. The van der Waals surface area contributed by atoms with E-state index in [1.54, 1.807) is 0 Å². The fourth-order valence-electron chi connectivity index (χ4n) is 5.64. The highest BCUT2D eigenvalue weighted by molar-refractivity contribution is 5.94. The van der Waals surface area contributed by atoms with Crippen LogP contribution < -0.4 is 10.2 Å². The molecule has 0 aliphatic carbocycles. The molecule has 5 rings (SSSR count). The van der Waals surface area contributed by atoms with Crippen molar-refractivity contribution in [3.8, 4) is 0 Å². The van der Waals surface area contributed by atoms with Crippen molar-refractivity contribution in [2.24, 2.45) is 0 Å². The van der Waals surface area contributed by atoms with Crippen LogP contribution in [0.2, 0.25) is 0 Å². The zero-order valence-corrected chi connectivity index (χ0v) is 22.1. The van der Waals surface area contributed by atoms with Gasteiger partial charge < -0.3 is 20.0 Å². The zero-order chi connectivity index (χ0) is 25.6. The Hall–Kier alpha value is -3.22. The van der Waals surface area contributed by atoms with E-state index in [9.17, 15) is 4.79 Å². The van der Waals surface area contributed by atoms with Gasteiger partial charge in [-0.25, -0.2) is 0 Å². The molecule has 2 fully saturated rings. The molecule has 194 valence electrons. The number of hydrogen-bond acceptors (Lipinski definition) is 5. The predicted octanol–water partition coefficient (Wildman–Crippen LogP) is 4.52. The summed E-state index contributed by atoms with van der Waals surface area (Å²) in [5.41, 5.74) is 5.88. The third-order valence-corrected chi connectivity index (χ3v) is 8.02. The van der Waals surface area contributed by atoms with Crippen molar-refractivity contribution in [1.29, 1.82) is 0 Å². The number of nitrogens with one attached hydrogen (secondary N) is 1. The van der Waals surface area contributed by atoms with Gasteiger partial charge in [0.1, 0.15) is 0 Å². The smallest absolute Gasteiger partial charge is 0.253 e. The van der Waals surface area contributed by atoms with Crippen LogP contribution in [0.4, 0.5) is 5.69 Å². The number of benzene rings is 2. The van der Waals surface area contributed by atoms with Crippen molar-refractivity contribution in [2.75, 3.05) is 50.7 Å². The second kappa shape index (κ2) is 11.9. The number of carbonyl (C=O) groups excluding carboxylic acids is 1. The van der Waals surface area contributed by atoms with Gasteiger partial charge in [-0.15, -0.1) is 0 Å². The number of carbonyl (C=O) groups is 1. The van der Waals surface area contributed by atoms with Gasteiger partial charge in [-0.2, -0.15) is 0 Å². The molecule has 3 aromatic rings. The molecule has 0 saturated carbocycles. The van der Waals surface area contributed by atoms with Crippen molar-refractivity contribution in [2.45, 2.75) is 38.8 Å². The first-order valence-corrected chi connectivity index (χ1v) is 13.7. The molecular weight excluding hydrogens is 458 g/mol. The van der Waals surface area contributed by atoms with Gasteiger partial charge >= 0.3 is 0 Å². The molecule has 0 radical (unpaired) electrons. The quantitative estimate of drug-likeness (QED) is 0.520. The van der Waals surface area contributed by atoms with Crippen molar-refractivity contribution in [1.82, 2.24) is 20.1 Å². The van der Waals surface area contributed by atoms with Crippen LogP contribution in [0.3, 0.4) is 0 Å². The average Bonchev–Trinajstić information content (AvgIpc) is 2.97. The summed E-state index contributed by atoms with van der Waals surface area (Å²) in [5.74, 6) is 0.156. The molecule has 6 nitrogen and oxygen atoms in total. The van der Waals surface area contributed by atoms with E-state index in [0.29, 0.717) is 6.04 Å². The number of hydrogen-bond donors (Lipinski definition) is 1. The van der Waals surface area contributed by atoms with Crippen LogP contribution in [-0.4, -0.2) is 72.5 Å². The fraction of sp³-hybridized carbons (Fsp3) is 0.419. The van der Waals surface area contributed by atoms with Gasteiger partial charge in [-0.3, -0.25) is 9.78 Å². The number of likely N-dealkylation sites (N-methyl/N-ethyl adjacent to an activating group) is 1. The number of piperazine rings is 1. The van der Waals surface area contributed by atoms with Gasteiger partial charge in [0.25, 0.3) is 5.91 Å². The Kier molecular flexibility index (Phi) is 8.17. The van der Waals surface area contributed by atoms with Crippen molar-refractivity contribution in [3.05, 3.63) is 95.3 Å². The lowest BCUT2D eigenvalue weighted by Gasteiger charge is -2.36. The first kappa shape index (κ1) is 25.4. The average molecular weight is 498 g/mol. The highest BCUT2D eigenvalue weighted by Gasteiger charge is 2.25. The Morgan fingerprint density at radius 3 is 2.24 bits per heavy atom. The van der Waals surface area contributed by atoms with Crippen LogP contribution in [-0.2, 0) is 0 Å². The highest BCUT2D eigenvalue weighted by Crippen LogP contribution is 2.28. The van der Waals surface area contributed by atoms with Gasteiger partial charge in [-0.05, 0) is 79.4 Å². The second-order valence-corrected chi connectivity index (χ2v) is 10.3. The van der Waals surface area contributed by atoms with Crippen molar-refractivity contribution < 1.29 is 4.79 Å². The maximum Gasteiger partial charge on any atom is 0.253 e. The van der Waals surface area contributed by atoms with Gasteiger partial charge in [0, 0.05) is 69.0 Å². The summed E-state index contributed by atoms with van der Waals surface area (Å²) >= 11 is 0. The van der Waals surface area contributed by atoms with Crippen LogP contribution in [0.1, 0.15) is 52.9 Å². The number of piperidine rings is 1. The summed E-state index contributed by atoms with van der Waals surface area (Å²) in [4.78, 5) is 24.0. The van der Waals surface area contributed by atoms with Crippen LogP contribution in [0.15, 0.2) is 73.1 Å². The van der Waals surface area contributed by atoms with Gasteiger partial charge in [0.05, 0.1) is 6.04 Å². The van der Waals surface area contributed by atoms with E-state index in [1.165, 1.54) is 22.4 Å². The third-order valence-electron chi connectivity index (χ3n) is 8.02. The molecule has 2 aromatic carbocycles. The molecule has 6 heteroatoms. The Bertz CT molecular complexity index is 1150. The standard InChI is InChI=1S/C31H39N5O/c1-3-34-20-22-36(23-21-34)31(37)26-8-10-28(11-9-26)35-18-14-27(15-19-35)33-30(25-12-16-32-17-13-25)29-7-5-4-6-24(29)2/h4-13,16-17,27,30,33H,3,14-15,18-23H2,1-2H3. The summed E-state index contributed by atoms with van der Waals surface area (Å²) in [6.07, 6.45) is 5.92. The summed E-state index contributed by atoms with van der Waals surface area (Å²) in [7, 11) is 0. The number of amides is 1. The molecule has 1 amide bonds. The second-order valence-electron chi connectivity index (χ2n) is 10.3. The van der Waals surface area contributed by atoms with E-state index < -0.39 is 0 Å². The number of aromatic nitrogens is 1. The minimum Gasteiger partial charge on any atom is -0.371 e. The molecule has 1 atom stereocenters. The summed E-state index contributed by atoms with van der Waals surface area (Å²) in [5, 5.41) is 3.96. The van der Waals surface area contributed by atoms with Crippen LogP contribution >= 0.6 is 0 Å². The molecule has 1 unspecified atom stereocenters. The number of aryl methyl sites for hydroxylation is 1. The summed E-state index contributed by atoms with van der Waals surface area (Å²) < 4.78 is 0. The highest BCUT2D eigenvalue weighted by atomic mass is 16.2. The van der Waals surface area contributed by atoms with E-state index in [2.05, 4.69) is 82.5 Å². The first-order chi connectivity index (χ1) is 18.1. The van der Waals surface area contributed by atoms with Crippen molar-refractivity contribution in [3.63, 3.8) is 0 Å². The molecule has 2 aliphatic heterocycles. The minimum atomic E-state index is 0.156. The molecule has 1 aromatic heterocycles. The number of nitrogens with zero attached hydrogens (tertiary/aromatic N) is 4. The third kappa shape index (κ3) is 6.03. The number of rotatable bonds is 7. The number of pyridine rings is 1. The lowest BCUT2D eigenvalue weighted by molar-refractivity contribution is 0.0643. The van der Waals surface area contributed by atoms with Crippen LogP contribution in [0, 0.1) is 6.92 Å². The Morgan fingerprint density at radius 1 is 0.919 bits per heavy atom. The fourth-order valence-corrected chi connectivity index (χ4v) is 5.64. The largest absolute Gasteiger partial charge is 0.371 e. The van der Waals surface area contributed by atoms with Crippen LogP contribution in [0.25, 0.3) is 0 Å².